The molecule has 0 aliphatic carbocycles. The lowest BCUT2D eigenvalue weighted by Crippen LogP contribution is -2.13. The van der Waals surface area contributed by atoms with Crippen molar-refractivity contribution < 1.29 is 4.79 Å². The van der Waals surface area contributed by atoms with Crippen molar-refractivity contribution in [3.8, 4) is 0 Å². The van der Waals surface area contributed by atoms with Crippen LogP contribution in [0, 0.1) is 6.92 Å². The lowest BCUT2D eigenvalue weighted by atomic mass is 10.1. The van der Waals surface area contributed by atoms with Gasteiger partial charge in [-0.2, -0.15) is 0 Å². The molecular formula is C15H15ClN2O. The van der Waals surface area contributed by atoms with Crippen LogP contribution in [0.1, 0.15) is 17.5 Å². The highest BCUT2D eigenvalue weighted by Gasteiger charge is 2.06. The fourth-order valence-electron chi connectivity index (χ4n) is 1.76. The van der Waals surface area contributed by atoms with Gasteiger partial charge in [0, 0.05) is 29.5 Å². The molecule has 0 atom stereocenters. The Bertz CT molecular complexity index is 570. The van der Waals surface area contributed by atoms with Crippen molar-refractivity contribution in [1.82, 2.24) is 4.98 Å². The van der Waals surface area contributed by atoms with Gasteiger partial charge in [-0.25, -0.2) is 0 Å². The maximum atomic E-state index is 11.9. The Balaban J connectivity index is 1.93. The average Bonchev–Trinajstić information content (AvgIpc) is 2.43. The van der Waals surface area contributed by atoms with Gasteiger partial charge in [0.1, 0.15) is 0 Å². The molecule has 2 rings (SSSR count). The minimum Gasteiger partial charge on any atom is -0.326 e. The zero-order chi connectivity index (χ0) is 13.7. The third-order valence-corrected chi connectivity index (χ3v) is 3.31. The summed E-state index contributed by atoms with van der Waals surface area (Å²) in [4.78, 5) is 15.9. The number of rotatable bonds is 4. The fourth-order valence-corrected chi connectivity index (χ4v) is 1.93. The number of nitrogens with one attached hydrogen (secondary N) is 1. The second-order valence-electron chi connectivity index (χ2n) is 4.32. The van der Waals surface area contributed by atoms with Crippen LogP contribution in [0.2, 0.25) is 5.02 Å². The van der Waals surface area contributed by atoms with E-state index < -0.39 is 0 Å². The number of pyridine rings is 1. The summed E-state index contributed by atoms with van der Waals surface area (Å²) < 4.78 is 0. The Kier molecular flexibility index (Phi) is 4.53. The second kappa shape index (κ2) is 6.34. The van der Waals surface area contributed by atoms with Crippen molar-refractivity contribution >= 4 is 23.2 Å². The Morgan fingerprint density at radius 1 is 1.32 bits per heavy atom. The average molecular weight is 275 g/mol. The molecule has 0 saturated heterocycles. The molecular weight excluding hydrogens is 260 g/mol. The van der Waals surface area contributed by atoms with Crippen molar-refractivity contribution in [1.29, 1.82) is 0 Å². The highest BCUT2D eigenvalue weighted by atomic mass is 35.5. The van der Waals surface area contributed by atoms with E-state index in [-0.39, 0.29) is 5.91 Å². The first kappa shape index (κ1) is 13.6. The molecule has 0 bridgehead atoms. The number of carbonyl (C=O) groups is 1. The van der Waals surface area contributed by atoms with E-state index in [1.807, 2.05) is 37.3 Å². The number of carbonyl (C=O) groups excluding carboxylic acids is 1. The van der Waals surface area contributed by atoms with E-state index in [0.29, 0.717) is 17.9 Å². The summed E-state index contributed by atoms with van der Waals surface area (Å²) in [6.45, 7) is 1.89. The van der Waals surface area contributed by atoms with Crippen molar-refractivity contribution in [3.05, 3.63) is 58.9 Å². The molecule has 19 heavy (non-hydrogen) atoms. The monoisotopic (exact) mass is 274 g/mol. The van der Waals surface area contributed by atoms with Crippen LogP contribution >= 0.6 is 11.6 Å². The van der Waals surface area contributed by atoms with Crippen molar-refractivity contribution in [2.45, 2.75) is 19.8 Å². The molecule has 98 valence electrons. The van der Waals surface area contributed by atoms with E-state index >= 15 is 0 Å². The summed E-state index contributed by atoms with van der Waals surface area (Å²) >= 11 is 6.01. The predicted molar refractivity (Wildman–Crippen MR) is 77.4 cm³/mol. The number of anilines is 1. The van der Waals surface area contributed by atoms with Crippen LogP contribution in [-0.4, -0.2) is 10.9 Å². The van der Waals surface area contributed by atoms with E-state index in [4.69, 9.17) is 11.6 Å². The quantitative estimate of drug-likeness (QED) is 0.925. The minimum atomic E-state index is -0.0192. The van der Waals surface area contributed by atoms with E-state index in [0.717, 1.165) is 16.8 Å². The topological polar surface area (TPSA) is 42.0 Å². The summed E-state index contributed by atoms with van der Waals surface area (Å²) in [5, 5.41) is 3.53. The molecule has 1 heterocycles. The summed E-state index contributed by atoms with van der Waals surface area (Å²) in [7, 11) is 0. The van der Waals surface area contributed by atoms with Crippen LogP contribution < -0.4 is 5.32 Å². The number of nitrogens with zero attached hydrogens (tertiary/aromatic N) is 1. The molecule has 1 N–H and O–H groups in total. The first-order valence-corrected chi connectivity index (χ1v) is 6.48. The van der Waals surface area contributed by atoms with Gasteiger partial charge in [-0.15, -0.1) is 0 Å². The Morgan fingerprint density at radius 3 is 2.89 bits per heavy atom. The smallest absolute Gasteiger partial charge is 0.224 e. The number of hydrogen-bond acceptors (Lipinski definition) is 2. The van der Waals surface area contributed by atoms with Crippen LogP contribution in [0.4, 0.5) is 5.69 Å². The summed E-state index contributed by atoms with van der Waals surface area (Å²) in [6, 6.07) is 9.32. The molecule has 3 nitrogen and oxygen atoms in total. The van der Waals surface area contributed by atoms with E-state index in [9.17, 15) is 4.79 Å². The number of benzene rings is 1. The number of aryl methyl sites for hydroxylation is 1. The normalized spacial score (nSPS) is 10.2. The maximum Gasteiger partial charge on any atom is 0.224 e. The highest BCUT2D eigenvalue weighted by molar-refractivity contribution is 6.31. The molecule has 1 amide bonds. The molecule has 0 saturated carbocycles. The maximum absolute atomic E-state index is 11.9. The van der Waals surface area contributed by atoms with E-state index in [1.54, 1.807) is 12.4 Å². The fraction of sp³-hybridized carbons (Fsp3) is 0.200. The molecule has 0 spiro atoms. The highest BCUT2D eigenvalue weighted by Crippen LogP contribution is 2.23. The van der Waals surface area contributed by atoms with Crippen molar-refractivity contribution in [2.24, 2.45) is 0 Å². The molecule has 0 aliphatic heterocycles. The van der Waals surface area contributed by atoms with Crippen LogP contribution in [0.25, 0.3) is 0 Å². The van der Waals surface area contributed by atoms with Gasteiger partial charge in [-0.3, -0.25) is 9.78 Å². The molecule has 1 aromatic heterocycles. The number of halogens is 1. The van der Waals surface area contributed by atoms with Gasteiger partial charge in [0.15, 0.2) is 0 Å². The SMILES string of the molecule is Cc1c(Cl)cccc1NC(=O)CCc1cccnc1. The zero-order valence-corrected chi connectivity index (χ0v) is 11.4. The lowest BCUT2D eigenvalue weighted by molar-refractivity contribution is -0.116. The van der Waals surface area contributed by atoms with Crippen LogP contribution in [0.3, 0.4) is 0 Å². The molecule has 0 fully saturated rings. The summed E-state index contributed by atoms with van der Waals surface area (Å²) in [5.74, 6) is -0.0192. The zero-order valence-electron chi connectivity index (χ0n) is 10.7. The number of aromatic nitrogens is 1. The van der Waals surface area contributed by atoms with Gasteiger partial charge in [-0.05, 0) is 42.7 Å². The summed E-state index contributed by atoms with van der Waals surface area (Å²) in [6.07, 6.45) is 4.60. The third-order valence-electron chi connectivity index (χ3n) is 2.91. The molecule has 1 aromatic carbocycles. The van der Waals surface area contributed by atoms with Gasteiger partial charge >= 0.3 is 0 Å². The molecule has 2 aromatic rings. The predicted octanol–water partition coefficient (Wildman–Crippen LogP) is 3.61. The number of hydrogen-bond donors (Lipinski definition) is 1. The Morgan fingerprint density at radius 2 is 2.16 bits per heavy atom. The lowest BCUT2D eigenvalue weighted by Gasteiger charge is -2.09. The van der Waals surface area contributed by atoms with Gasteiger partial charge < -0.3 is 5.32 Å². The molecule has 4 heteroatoms. The van der Waals surface area contributed by atoms with Gasteiger partial charge in [0.2, 0.25) is 5.91 Å². The van der Waals surface area contributed by atoms with Crippen LogP contribution in [0.5, 0.6) is 0 Å². The van der Waals surface area contributed by atoms with Gasteiger partial charge in [0.05, 0.1) is 0 Å². The van der Waals surface area contributed by atoms with Crippen molar-refractivity contribution in [3.63, 3.8) is 0 Å². The van der Waals surface area contributed by atoms with E-state index in [1.165, 1.54) is 0 Å². The third kappa shape index (κ3) is 3.80. The molecule has 0 unspecified atom stereocenters. The Labute approximate surface area is 117 Å². The van der Waals surface area contributed by atoms with Crippen molar-refractivity contribution in [2.75, 3.05) is 5.32 Å². The van der Waals surface area contributed by atoms with E-state index in [2.05, 4.69) is 10.3 Å². The second-order valence-corrected chi connectivity index (χ2v) is 4.73. The minimum absolute atomic E-state index is 0.0192. The molecule has 0 radical (unpaired) electrons. The van der Waals surface area contributed by atoms with Gasteiger partial charge in [0.25, 0.3) is 0 Å². The standard InChI is InChI=1S/C15H15ClN2O/c1-11-13(16)5-2-6-14(11)18-15(19)8-7-12-4-3-9-17-10-12/h2-6,9-10H,7-8H2,1H3,(H,18,19). The molecule has 0 aliphatic rings. The van der Waals surface area contributed by atoms with Crippen LogP contribution in [-0.2, 0) is 11.2 Å². The summed E-state index contributed by atoms with van der Waals surface area (Å²) in [5.41, 5.74) is 2.71. The first-order valence-electron chi connectivity index (χ1n) is 6.10. The number of amides is 1. The first-order chi connectivity index (χ1) is 9.16. The Hall–Kier alpha value is -1.87. The van der Waals surface area contributed by atoms with Gasteiger partial charge in [-0.1, -0.05) is 23.7 Å². The largest absolute Gasteiger partial charge is 0.326 e. The van der Waals surface area contributed by atoms with Crippen LogP contribution in [0.15, 0.2) is 42.7 Å².